The maximum atomic E-state index is 13.6. The van der Waals surface area contributed by atoms with Gasteiger partial charge >= 0.3 is 5.97 Å². The first-order valence-corrected chi connectivity index (χ1v) is 5.07. The molecule has 92 valence electrons. The van der Waals surface area contributed by atoms with E-state index in [9.17, 15) is 13.6 Å². The molecule has 0 heterocycles. The third kappa shape index (κ3) is 3.12. The molecule has 0 amide bonds. The molecular formula is C13H14F2O2. The number of hydrogen-bond acceptors (Lipinski definition) is 2. The summed E-state index contributed by atoms with van der Waals surface area (Å²) in [4.78, 5) is 11.3. The SMILES string of the molecule is C=C(C(=O)OC)[C@H](c1ccccc1)C(C)(F)F. The fraction of sp³-hybridized carbons (Fsp3) is 0.308. The largest absolute Gasteiger partial charge is 0.466 e. The van der Waals surface area contributed by atoms with E-state index in [0.717, 1.165) is 14.0 Å². The molecule has 0 saturated heterocycles. The number of ether oxygens (including phenoxy) is 1. The summed E-state index contributed by atoms with van der Waals surface area (Å²) < 4.78 is 31.5. The normalized spacial score (nSPS) is 12.9. The van der Waals surface area contributed by atoms with Crippen molar-refractivity contribution >= 4 is 5.97 Å². The number of carbonyl (C=O) groups is 1. The molecule has 1 aromatic carbocycles. The van der Waals surface area contributed by atoms with Gasteiger partial charge in [0.15, 0.2) is 0 Å². The lowest BCUT2D eigenvalue weighted by molar-refractivity contribution is -0.137. The number of halogens is 2. The van der Waals surface area contributed by atoms with Crippen molar-refractivity contribution in [1.29, 1.82) is 0 Å². The first-order chi connectivity index (χ1) is 7.88. The van der Waals surface area contributed by atoms with Crippen LogP contribution >= 0.6 is 0 Å². The molecule has 2 nitrogen and oxygen atoms in total. The van der Waals surface area contributed by atoms with Gasteiger partial charge in [0, 0.05) is 12.5 Å². The summed E-state index contributed by atoms with van der Waals surface area (Å²) in [7, 11) is 1.14. The molecule has 1 aromatic rings. The number of alkyl halides is 2. The van der Waals surface area contributed by atoms with Crippen molar-refractivity contribution in [2.75, 3.05) is 7.11 Å². The first kappa shape index (κ1) is 13.4. The Bertz CT molecular complexity index is 407. The molecule has 0 bridgehead atoms. The van der Waals surface area contributed by atoms with Gasteiger partial charge in [-0.05, 0) is 5.56 Å². The highest BCUT2D eigenvalue weighted by Gasteiger charge is 2.40. The van der Waals surface area contributed by atoms with Gasteiger partial charge < -0.3 is 4.74 Å². The van der Waals surface area contributed by atoms with E-state index in [1.165, 1.54) is 12.1 Å². The van der Waals surface area contributed by atoms with Gasteiger partial charge in [0.2, 0.25) is 0 Å². The van der Waals surface area contributed by atoms with Crippen LogP contribution in [0.5, 0.6) is 0 Å². The van der Waals surface area contributed by atoms with Crippen molar-refractivity contribution in [3.63, 3.8) is 0 Å². The van der Waals surface area contributed by atoms with Crippen molar-refractivity contribution in [1.82, 2.24) is 0 Å². The lowest BCUT2D eigenvalue weighted by Gasteiger charge is -2.24. The average Bonchev–Trinajstić information content (AvgIpc) is 2.27. The van der Waals surface area contributed by atoms with Crippen LogP contribution in [-0.4, -0.2) is 19.0 Å². The number of carbonyl (C=O) groups excluding carboxylic acids is 1. The maximum Gasteiger partial charge on any atom is 0.333 e. The highest BCUT2D eigenvalue weighted by atomic mass is 19.3. The van der Waals surface area contributed by atoms with Crippen LogP contribution in [0.15, 0.2) is 42.5 Å². The predicted octanol–water partition coefficient (Wildman–Crippen LogP) is 3.15. The Morgan fingerprint density at radius 3 is 2.29 bits per heavy atom. The first-order valence-electron chi connectivity index (χ1n) is 5.07. The standard InChI is InChI=1S/C13H14F2O2/c1-9(12(16)17-3)11(13(2,14)15)10-7-5-4-6-8-10/h4-8,11H,1H2,2-3H3/t11-/m1/s1. The molecular weight excluding hydrogens is 226 g/mol. The van der Waals surface area contributed by atoms with Crippen LogP contribution in [0.2, 0.25) is 0 Å². The van der Waals surface area contributed by atoms with Gasteiger partial charge in [0.25, 0.3) is 5.92 Å². The van der Waals surface area contributed by atoms with E-state index in [4.69, 9.17) is 0 Å². The molecule has 0 aromatic heterocycles. The molecule has 0 unspecified atom stereocenters. The van der Waals surface area contributed by atoms with Crippen LogP contribution in [0.3, 0.4) is 0 Å². The van der Waals surface area contributed by atoms with Gasteiger partial charge in [-0.15, -0.1) is 0 Å². The van der Waals surface area contributed by atoms with Crippen LogP contribution in [-0.2, 0) is 9.53 Å². The van der Waals surface area contributed by atoms with E-state index in [-0.39, 0.29) is 5.57 Å². The third-order valence-electron chi connectivity index (χ3n) is 2.44. The van der Waals surface area contributed by atoms with E-state index < -0.39 is 17.8 Å². The molecule has 0 radical (unpaired) electrons. The Morgan fingerprint density at radius 2 is 1.88 bits per heavy atom. The predicted molar refractivity (Wildman–Crippen MR) is 61.0 cm³/mol. The topological polar surface area (TPSA) is 26.3 Å². The van der Waals surface area contributed by atoms with E-state index in [0.29, 0.717) is 5.56 Å². The smallest absolute Gasteiger partial charge is 0.333 e. The molecule has 0 fully saturated rings. The van der Waals surface area contributed by atoms with Gasteiger partial charge in [-0.2, -0.15) is 0 Å². The number of rotatable bonds is 4. The van der Waals surface area contributed by atoms with E-state index >= 15 is 0 Å². The molecule has 1 rings (SSSR count). The van der Waals surface area contributed by atoms with Crippen molar-refractivity contribution in [2.24, 2.45) is 0 Å². The molecule has 0 N–H and O–H groups in total. The monoisotopic (exact) mass is 240 g/mol. The summed E-state index contributed by atoms with van der Waals surface area (Å²) in [5.74, 6) is -5.26. The molecule has 0 spiro atoms. The van der Waals surface area contributed by atoms with Crippen molar-refractivity contribution in [3.8, 4) is 0 Å². The molecule has 0 saturated carbocycles. The zero-order chi connectivity index (χ0) is 13.1. The Labute approximate surface area is 98.9 Å². The number of methoxy groups -OCH3 is 1. The number of hydrogen-bond donors (Lipinski definition) is 0. The minimum absolute atomic E-state index is 0.244. The zero-order valence-electron chi connectivity index (χ0n) is 9.74. The highest BCUT2D eigenvalue weighted by Crippen LogP contribution is 2.38. The molecule has 1 atom stereocenters. The Kier molecular flexibility index (Phi) is 3.99. The van der Waals surface area contributed by atoms with Crippen LogP contribution in [0, 0.1) is 0 Å². The second kappa shape index (κ2) is 5.08. The van der Waals surface area contributed by atoms with Crippen LogP contribution < -0.4 is 0 Å². The molecule has 17 heavy (non-hydrogen) atoms. The summed E-state index contributed by atoms with van der Waals surface area (Å²) in [5, 5.41) is 0. The highest BCUT2D eigenvalue weighted by molar-refractivity contribution is 5.89. The summed E-state index contributed by atoms with van der Waals surface area (Å²) >= 11 is 0. The molecule has 0 aliphatic rings. The van der Waals surface area contributed by atoms with E-state index in [1.54, 1.807) is 18.2 Å². The fourth-order valence-corrected chi connectivity index (χ4v) is 1.69. The van der Waals surface area contributed by atoms with Crippen LogP contribution in [0.1, 0.15) is 18.4 Å². The van der Waals surface area contributed by atoms with E-state index in [2.05, 4.69) is 11.3 Å². The summed E-state index contributed by atoms with van der Waals surface area (Å²) in [6, 6.07) is 8.07. The van der Waals surface area contributed by atoms with Gasteiger partial charge in [-0.1, -0.05) is 36.9 Å². The van der Waals surface area contributed by atoms with Gasteiger partial charge in [-0.3, -0.25) is 0 Å². The quantitative estimate of drug-likeness (QED) is 0.597. The Hall–Kier alpha value is -1.71. The van der Waals surface area contributed by atoms with E-state index in [1.807, 2.05) is 0 Å². The minimum Gasteiger partial charge on any atom is -0.466 e. The van der Waals surface area contributed by atoms with Crippen molar-refractivity contribution in [3.05, 3.63) is 48.0 Å². The molecule has 0 aliphatic heterocycles. The van der Waals surface area contributed by atoms with Crippen LogP contribution in [0.25, 0.3) is 0 Å². The number of benzene rings is 1. The number of esters is 1. The maximum absolute atomic E-state index is 13.6. The molecule has 4 heteroatoms. The second-order valence-electron chi connectivity index (χ2n) is 3.82. The van der Waals surface area contributed by atoms with Crippen molar-refractivity contribution in [2.45, 2.75) is 18.8 Å². The lowest BCUT2D eigenvalue weighted by Crippen LogP contribution is -2.27. The Balaban J connectivity index is 3.15. The summed E-state index contributed by atoms with van der Waals surface area (Å²) in [5.41, 5.74) is 0.0987. The van der Waals surface area contributed by atoms with Gasteiger partial charge in [0.1, 0.15) is 0 Å². The lowest BCUT2D eigenvalue weighted by atomic mass is 9.87. The summed E-state index contributed by atoms with van der Waals surface area (Å²) in [6.45, 7) is 4.18. The van der Waals surface area contributed by atoms with Gasteiger partial charge in [-0.25, -0.2) is 13.6 Å². The average molecular weight is 240 g/mol. The minimum atomic E-state index is -3.08. The third-order valence-corrected chi connectivity index (χ3v) is 2.44. The molecule has 0 aliphatic carbocycles. The van der Waals surface area contributed by atoms with Crippen molar-refractivity contribution < 1.29 is 18.3 Å². The second-order valence-corrected chi connectivity index (χ2v) is 3.82. The van der Waals surface area contributed by atoms with Gasteiger partial charge in [0.05, 0.1) is 13.0 Å². The summed E-state index contributed by atoms with van der Waals surface area (Å²) in [6.07, 6.45) is 0. The Morgan fingerprint density at radius 1 is 1.35 bits per heavy atom. The van der Waals surface area contributed by atoms with Crippen LogP contribution in [0.4, 0.5) is 8.78 Å². The zero-order valence-corrected chi connectivity index (χ0v) is 9.74. The fourth-order valence-electron chi connectivity index (χ4n) is 1.69.